The van der Waals surface area contributed by atoms with Gasteiger partial charge in [0.1, 0.15) is 0 Å². The molecule has 0 aromatic heterocycles. The SMILES string of the molecule is C#CCCCSc1ccc(Br)c(C(=O)O)c1. The molecule has 0 radical (unpaired) electrons. The van der Waals surface area contributed by atoms with E-state index in [1.807, 2.05) is 6.07 Å². The summed E-state index contributed by atoms with van der Waals surface area (Å²) in [6.07, 6.45) is 6.85. The monoisotopic (exact) mass is 298 g/mol. The Hall–Kier alpha value is -0.920. The average Bonchev–Trinajstić information content (AvgIpc) is 2.26. The van der Waals surface area contributed by atoms with Crippen LogP contribution in [0.15, 0.2) is 27.6 Å². The minimum absolute atomic E-state index is 0.293. The van der Waals surface area contributed by atoms with Gasteiger partial charge in [0.05, 0.1) is 5.56 Å². The highest BCUT2D eigenvalue weighted by Gasteiger charge is 2.08. The number of unbranched alkanes of at least 4 members (excludes halogenated alkanes) is 1. The van der Waals surface area contributed by atoms with Crippen molar-refractivity contribution in [3.8, 4) is 12.3 Å². The molecule has 0 unspecified atom stereocenters. The summed E-state index contributed by atoms with van der Waals surface area (Å²) < 4.78 is 0.605. The number of carboxylic acid groups (broad SMARTS) is 1. The lowest BCUT2D eigenvalue weighted by molar-refractivity contribution is 0.0695. The fraction of sp³-hybridized carbons (Fsp3) is 0.250. The summed E-state index contributed by atoms with van der Waals surface area (Å²) in [5.41, 5.74) is 0.293. The molecule has 1 aromatic carbocycles. The van der Waals surface area contributed by atoms with Gasteiger partial charge in [0, 0.05) is 15.8 Å². The van der Waals surface area contributed by atoms with Gasteiger partial charge in [-0.3, -0.25) is 0 Å². The lowest BCUT2D eigenvalue weighted by Crippen LogP contribution is -1.97. The molecular formula is C12H11BrO2S. The van der Waals surface area contributed by atoms with Gasteiger partial charge >= 0.3 is 5.97 Å². The Morgan fingerprint density at radius 2 is 2.31 bits per heavy atom. The Bertz CT molecular complexity index is 424. The molecule has 0 saturated heterocycles. The zero-order valence-corrected chi connectivity index (χ0v) is 11.0. The maximum Gasteiger partial charge on any atom is 0.336 e. The van der Waals surface area contributed by atoms with E-state index in [0.29, 0.717) is 10.0 Å². The summed E-state index contributed by atoms with van der Waals surface area (Å²) in [5.74, 6) is 2.57. The number of hydrogen-bond donors (Lipinski definition) is 1. The first kappa shape index (κ1) is 13.1. The third kappa shape index (κ3) is 3.92. The highest BCUT2D eigenvalue weighted by atomic mass is 79.9. The van der Waals surface area contributed by atoms with Crippen molar-refractivity contribution >= 4 is 33.7 Å². The molecule has 1 rings (SSSR count). The normalized spacial score (nSPS) is 9.75. The summed E-state index contributed by atoms with van der Waals surface area (Å²) in [6.45, 7) is 0. The number of rotatable bonds is 5. The molecule has 4 heteroatoms. The van der Waals surface area contributed by atoms with E-state index in [9.17, 15) is 4.79 Å². The second kappa shape index (κ2) is 6.62. The molecule has 0 aliphatic carbocycles. The number of halogens is 1. The first-order valence-corrected chi connectivity index (χ1v) is 6.52. The van der Waals surface area contributed by atoms with Crippen LogP contribution in [0.5, 0.6) is 0 Å². The molecule has 1 N–H and O–H groups in total. The Morgan fingerprint density at radius 3 is 2.94 bits per heavy atom. The molecule has 0 bridgehead atoms. The summed E-state index contributed by atoms with van der Waals surface area (Å²) >= 11 is 4.83. The number of carbonyl (C=O) groups is 1. The number of benzene rings is 1. The molecule has 0 saturated carbocycles. The van der Waals surface area contributed by atoms with Crippen molar-refractivity contribution in [1.29, 1.82) is 0 Å². The number of aromatic carboxylic acids is 1. The minimum Gasteiger partial charge on any atom is -0.478 e. The molecule has 0 spiro atoms. The fourth-order valence-electron chi connectivity index (χ4n) is 1.12. The van der Waals surface area contributed by atoms with Crippen LogP contribution in [0.2, 0.25) is 0 Å². The highest BCUT2D eigenvalue weighted by molar-refractivity contribution is 9.10. The zero-order chi connectivity index (χ0) is 12.0. The van der Waals surface area contributed by atoms with Crippen molar-refractivity contribution in [2.24, 2.45) is 0 Å². The van der Waals surface area contributed by atoms with Gasteiger partial charge in [0.2, 0.25) is 0 Å². The van der Waals surface area contributed by atoms with Crippen molar-refractivity contribution in [1.82, 2.24) is 0 Å². The smallest absolute Gasteiger partial charge is 0.336 e. The number of thioether (sulfide) groups is 1. The molecule has 0 atom stereocenters. The van der Waals surface area contributed by atoms with E-state index < -0.39 is 5.97 Å². The highest BCUT2D eigenvalue weighted by Crippen LogP contribution is 2.25. The van der Waals surface area contributed by atoms with Crippen LogP contribution >= 0.6 is 27.7 Å². The van der Waals surface area contributed by atoms with Gasteiger partial charge in [-0.05, 0) is 46.3 Å². The predicted octanol–water partition coefficient (Wildman–Crippen LogP) is 3.65. The van der Waals surface area contributed by atoms with E-state index in [4.69, 9.17) is 11.5 Å². The third-order valence-corrected chi connectivity index (χ3v) is 3.67. The summed E-state index contributed by atoms with van der Waals surface area (Å²) in [6, 6.07) is 5.33. The Kier molecular flexibility index (Phi) is 5.44. The van der Waals surface area contributed by atoms with Gasteiger partial charge in [-0.25, -0.2) is 4.79 Å². The van der Waals surface area contributed by atoms with E-state index in [1.165, 1.54) is 0 Å². The topological polar surface area (TPSA) is 37.3 Å². The van der Waals surface area contributed by atoms with Crippen LogP contribution in [-0.2, 0) is 0 Å². The van der Waals surface area contributed by atoms with Crippen LogP contribution in [0.4, 0.5) is 0 Å². The van der Waals surface area contributed by atoms with Gasteiger partial charge < -0.3 is 5.11 Å². The average molecular weight is 299 g/mol. The van der Waals surface area contributed by atoms with Crippen LogP contribution < -0.4 is 0 Å². The van der Waals surface area contributed by atoms with Crippen molar-refractivity contribution in [3.05, 3.63) is 28.2 Å². The standard InChI is InChI=1S/C12H11BrO2S/c1-2-3-4-7-16-9-5-6-11(13)10(8-9)12(14)15/h1,5-6,8H,3-4,7H2,(H,14,15). The van der Waals surface area contributed by atoms with Crippen LogP contribution in [0, 0.1) is 12.3 Å². The van der Waals surface area contributed by atoms with E-state index >= 15 is 0 Å². The Morgan fingerprint density at radius 1 is 1.56 bits per heavy atom. The Labute approximate surface area is 108 Å². The summed E-state index contributed by atoms with van der Waals surface area (Å²) in [5, 5.41) is 8.93. The van der Waals surface area contributed by atoms with E-state index in [1.54, 1.807) is 23.9 Å². The molecule has 0 heterocycles. The van der Waals surface area contributed by atoms with Crippen molar-refractivity contribution in [2.75, 3.05) is 5.75 Å². The zero-order valence-electron chi connectivity index (χ0n) is 8.57. The van der Waals surface area contributed by atoms with E-state index in [-0.39, 0.29) is 0 Å². The van der Waals surface area contributed by atoms with Crippen molar-refractivity contribution in [2.45, 2.75) is 17.7 Å². The molecule has 1 aromatic rings. The second-order valence-corrected chi connectivity index (χ2v) is 5.13. The van der Waals surface area contributed by atoms with Crippen LogP contribution in [-0.4, -0.2) is 16.8 Å². The third-order valence-electron chi connectivity index (χ3n) is 1.90. The van der Waals surface area contributed by atoms with Crippen molar-refractivity contribution in [3.63, 3.8) is 0 Å². The quantitative estimate of drug-likeness (QED) is 0.512. The van der Waals surface area contributed by atoms with Gasteiger partial charge in [-0.2, -0.15) is 0 Å². The lowest BCUT2D eigenvalue weighted by Gasteiger charge is -2.03. The van der Waals surface area contributed by atoms with Crippen LogP contribution in [0.1, 0.15) is 23.2 Å². The van der Waals surface area contributed by atoms with Gasteiger partial charge in [0.15, 0.2) is 0 Å². The van der Waals surface area contributed by atoms with Gasteiger partial charge in [-0.15, -0.1) is 24.1 Å². The molecule has 0 aliphatic heterocycles. The first-order chi connectivity index (χ1) is 7.65. The number of terminal acetylenes is 1. The molecule has 0 aliphatic rings. The Balaban J connectivity index is 2.65. The maximum absolute atomic E-state index is 10.9. The number of carboxylic acids is 1. The predicted molar refractivity (Wildman–Crippen MR) is 69.9 cm³/mol. The molecule has 16 heavy (non-hydrogen) atoms. The lowest BCUT2D eigenvalue weighted by atomic mass is 10.2. The fourth-order valence-corrected chi connectivity index (χ4v) is 2.43. The summed E-state index contributed by atoms with van der Waals surface area (Å²) in [4.78, 5) is 11.8. The first-order valence-electron chi connectivity index (χ1n) is 4.74. The number of hydrogen-bond acceptors (Lipinski definition) is 2. The molecule has 0 amide bonds. The largest absolute Gasteiger partial charge is 0.478 e. The minimum atomic E-state index is -0.919. The van der Waals surface area contributed by atoms with E-state index in [0.717, 1.165) is 23.5 Å². The van der Waals surface area contributed by atoms with Crippen molar-refractivity contribution < 1.29 is 9.90 Å². The summed E-state index contributed by atoms with van der Waals surface area (Å²) in [7, 11) is 0. The molecular weight excluding hydrogens is 288 g/mol. The van der Waals surface area contributed by atoms with Crippen LogP contribution in [0.3, 0.4) is 0 Å². The van der Waals surface area contributed by atoms with E-state index in [2.05, 4.69) is 21.9 Å². The molecule has 2 nitrogen and oxygen atoms in total. The van der Waals surface area contributed by atoms with Gasteiger partial charge in [-0.1, -0.05) is 0 Å². The molecule has 0 fully saturated rings. The maximum atomic E-state index is 10.9. The van der Waals surface area contributed by atoms with Crippen LogP contribution in [0.25, 0.3) is 0 Å². The second-order valence-electron chi connectivity index (χ2n) is 3.10. The van der Waals surface area contributed by atoms with Gasteiger partial charge in [0.25, 0.3) is 0 Å². The molecule has 84 valence electrons.